The molecule has 0 aromatic carbocycles. The number of nitrogens with two attached hydrogens (primary N) is 1. The lowest BCUT2D eigenvalue weighted by atomic mass is 9.92. The summed E-state index contributed by atoms with van der Waals surface area (Å²) < 4.78 is 43.0. The first-order valence-electron chi connectivity index (χ1n) is 5.87. The van der Waals surface area contributed by atoms with E-state index in [2.05, 4.69) is 10.1 Å². The smallest absolute Gasteiger partial charge is 0.379 e. The van der Waals surface area contributed by atoms with Crippen LogP contribution in [0.4, 0.5) is 13.2 Å². The van der Waals surface area contributed by atoms with Crippen molar-refractivity contribution < 1.29 is 22.8 Å². The van der Waals surface area contributed by atoms with Gasteiger partial charge in [0, 0.05) is 6.54 Å². The van der Waals surface area contributed by atoms with Gasteiger partial charge in [0.25, 0.3) is 0 Å². The molecule has 1 aliphatic heterocycles. The maximum Gasteiger partial charge on any atom is 0.418 e. The molecule has 0 saturated carbocycles. The minimum Gasteiger partial charge on any atom is -0.379 e. The number of halogens is 4. The summed E-state index contributed by atoms with van der Waals surface area (Å²) in [4.78, 5) is 5.39. The van der Waals surface area contributed by atoms with Crippen LogP contribution < -0.4 is 5.73 Å². The third-order valence-electron chi connectivity index (χ3n) is 3.13. The summed E-state index contributed by atoms with van der Waals surface area (Å²) in [5, 5.41) is 13.3. The Labute approximate surface area is 119 Å². The first-order chi connectivity index (χ1) is 8.84. The fourth-order valence-corrected chi connectivity index (χ4v) is 2.13. The standard InChI is InChI=1S/C10H15F3N4O2.ClH/c11-10(12,13)9(18)2-1-3-17(6-9)5-7-15-8(4-14)19-16-7;/h18H,1-6,14H2;1H. The summed E-state index contributed by atoms with van der Waals surface area (Å²) in [5.41, 5.74) is 2.64. The number of aliphatic hydroxyl groups is 1. The predicted molar refractivity (Wildman–Crippen MR) is 65.0 cm³/mol. The van der Waals surface area contributed by atoms with E-state index in [1.165, 1.54) is 4.90 Å². The predicted octanol–water partition coefficient (Wildman–Crippen LogP) is 0.839. The Morgan fingerprint density at radius 1 is 1.45 bits per heavy atom. The van der Waals surface area contributed by atoms with E-state index in [0.29, 0.717) is 6.54 Å². The van der Waals surface area contributed by atoms with Crippen molar-refractivity contribution in [2.75, 3.05) is 13.1 Å². The number of piperidine rings is 1. The number of likely N-dealkylation sites (tertiary alicyclic amines) is 1. The number of alkyl halides is 3. The number of rotatable bonds is 3. The van der Waals surface area contributed by atoms with Gasteiger partial charge in [0.2, 0.25) is 5.89 Å². The molecular weight excluding hydrogens is 301 g/mol. The van der Waals surface area contributed by atoms with E-state index in [1.807, 2.05) is 0 Å². The summed E-state index contributed by atoms with van der Waals surface area (Å²) in [6.07, 6.45) is -4.66. The Bertz CT molecular complexity index is 442. The molecule has 1 aliphatic rings. The molecule has 1 fully saturated rings. The molecule has 1 aromatic heterocycles. The number of aromatic nitrogens is 2. The lowest BCUT2D eigenvalue weighted by Gasteiger charge is -2.39. The molecule has 20 heavy (non-hydrogen) atoms. The largest absolute Gasteiger partial charge is 0.418 e. The van der Waals surface area contributed by atoms with Crippen LogP contribution in [0.15, 0.2) is 4.52 Å². The number of β-amino-alcohol motifs (C(OH)–C–C–N with tert-alkyl or cyclic N) is 1. The average Bonchev–Trinajstić information content (AvgIpc) is 2.75. The molecule has 3 N–H and O–H groups in total. The maximum atomic E-state index is 12.8. The summed E-state index contributed by atoms with van der Waals surface area (Å²) in [5.74, 6) is 0.505. The lowest BCUT2D eigenvalue weighted by Crippen LogP contribution is -2.56. The minimum atomic E-state index is -4.63. The highest BCUT2D eigenvalue weighted by Crippen LogP contribution is 2.37. The Balaban J connectivity index is 0.00000200. The molecule has 2 heterocycles. The lowest BCUT2D eigenvalue weighted by molar-refractivity contribution is -0.274. The highest BCUT2D eigenvalue weighted by molar-refractivity contribution is 5.85. The quantitative estimate of drug-likeness (QED) is 0.859. The van der Waals surface area contributed by atoms with Crippen molar-refractivity contribution in [3.8, 4) is 0 Å². The van der Waals surface area contributed by atoms with Crippen LogP contribution in [0.3, 0.4) is 0 Å². The van der Waals surface area contributed by atoms with E-state index in [-0.39, 0.29) is 50.1 Å². The molecule has 1 unspecified atom stereocenters. The molecule has 116 valence electrons. The van der Waals surface area contributed by atoms with Crippen molar-refractivity contribution in [1.29, 1.82) is 0 Å². The zero-order valence-electron chi connectivity index (χ0n) is 10.6. The minimum absolute atomic E-state index is 0. The van der Waals surface area contributed by atoms with Crippen LogP contribution in [-0.2, 0) is 13.1 Å². The van der Waals surface area contributed by atoms with Crippen molar-refractivity contribution in [3.63, 3.8) is 0 Å². The molecule has 10 heteroatoms. The van der Waals surface area contributed by atoms with Crippen molar-refractivity contribution in [3.05, 3.63) is 11.7 Å². The van der Waals surface area contributed by atoms with Gasteiger partial charge < -0.3 is 15.4 Å². The fourth-order valence-electron chi connectivity index (χ4n) is 2.13. The van der Waals surface area contributed by atoms with Crippen LogP contribution in [0.1, 0.15) is 24.6 Å². The SMILES string of the molecule is Cl.NCc1nc(CN2CCCC(O)(C(F)(F)F)C2)no1. The molecule has 2 rings (SSSR count). The van der Waals surface area contributed by atoms with Crippen LogP contribution in [0.25, 0.3) is 0 Å². The van der Waals surface area contributed by atoms with Crippen molar-refractivity contribution in [2.24, 2.45) is 5.73 Å². The molecule has 0 spiro atoms. The van der Waals surface area contributed by atoms with E-state index in [9.17, 15) is 18.3 Å². The highest BCUT2D eigenvalue weighted by atomic mass is 35.5. The molecule has 1 saturated heterocycles. The fraction of sp³-hybridized carbons (Fsp3) is 0.800. The van der Waals surface area contributed by atoms with E-state index in [1.54, 1.807) is 0 Å². The molecule has 0 aliphatic carbocycles. The second-order valence-electron chi connectivity index (χ2n) is 4.65. The highest BCUT2D eigenvalue weighted by Gasteiger charge is 2.55. The first kappa shape index (κ1) is 17.2. The summed E-state index contributed by atoms with van der Waals surface area (Å²) in [6.45, 7) is 0.148. The van der Waals surface area contributed by atoms with E-state index >= 15 is 0 Å². The maximum absolute atomic E-state index is 12.8. The molecular formula is C10H16ClF3N4O2. The zero-order chi connectivity index (χ0) is 14.1. The van der Waals surface area contributed by atoms with Crippen LogP contribution in [0, 0.1) is 0 Å². The molecule has 0 amide bonds. The topological polar surface area (TPSA) is 88.4 Å². The second kappa shape index (κ2) is 6.25. The van der Waals surface area contributed by atoms with Crippen molar-refractivity contribution >= 4 is 12.4 Å². The van der Waals surface area contributed by atoms with Gasteiger partial charge in [-0.05, 0) is 19.4 Å². The normalized spacial score (nSPS) is 24.4. The zero-order valence-corrected chi connectivity index (χ0v) is 11.4. The van der Waals surface area contributed by atoms with Crippen LogP contribution in [0.2, 0.25) is 0 Å². The molecule has 1 aromatic rings. The Morgan fingerprint density at radius 2 is 2.15 bits per heavy atom. The summed E-state index contributed by atoms with van der Waals surface area (Å²) >= 11 is 0. The van der Waals surface area contributed by atoms with E-state index in [0.717, 1.165) is 0 Å². The molecule has 1 atom stereocenters. The van der Waals surface area contributed by atoms with Gasteiger partial charge in [-0.1, -0.05) is 5.16 Å². The number of hydrogen-bond donors (Lipinski definition) is 2. The summed E-state index contributed by atoms with van der Waals surface area (Å²) in [6, 6.07) is 0. The second-order valence-corrected chi connectivity index (χ2v) is 4.65. The monoisotopic (exact) mass is 316 g/mol. The van der Waals surface area contributed by atoms with Gasteiger partial charge in [-0.25, -0.2) is 0 Å². The third-order valence-corrected chi connectivity index (χ3v) is 3.13. The van der Waals surface area contributed by atoms with Gasteiger partial charge in [0.05, 0.1) is 13.1 Å². The molecule has 0 bridgehead atoms. The van der Waals surface area contributed by atoms with Crippen molar-refractivity contribution in [1.82, 2.24) is 15.0 Å². The third kappa shape index (κ3) is 3.60. The Kier molecular flexibility index (Phi) is 5.36. The van der Waals surface area contributed by atoms with Gasteiger partial charge in [0.15, 0.2) is 11.4 Å². The van der Waals surface area contributed by atoms with Crippen LogP contribution in [0.5, 0.6) is 0 Å². The van der Waals surface area contributed by atoms with Crippen molar-refractivity contribution in [2.45, 2.75) is 37.7 Å². The van der Waals surface area contributed by atoms with Gasteiger partial charge >= 0.3 is 6.18 Å². The van der Waals surface area contributed by atoms with Gasteiger partial charge in [-0.3, -0.25) is 4.90 Å². The van der Waals surface area contributed by atoms with Gasteiger partial charge in [0.1, 0.15) is 0 Å². The first-order valence-corrected chi connectivity index (χ1v) is 5.87. The van der Waals surface area contributed by atoms with Crippen LogP contribution in [-0.4, -0.2) is 45.0 Å². The van der Waals surface area contributed by atoms with Gasteiger partial charge in [-0.2, -0.15) is 18.2 Å². The number of hydrogen-bond acceptors (Lipinski definition) is 6. The van der Waals surface area contributed by atoms with Gasteiger partial charge in [-0.15, -0.1) is 12.4 Å². The number of nitrogens with zero attached hydrogens (tertiary/aromatic N) is 3. The van der Waals surface area contributed by atoms with E-state index < -0.39 is 18.3 Å². The van der Waals surface area contributed by atoms with Crippen LogP contribution >= 0.6 is 12.4 Å². The Hall–Kier alpha value is -0.900. The summed E-state index contributed by atoms with van der Waals surface area (Å²) in [7, 11) is 0. The molecule has 0 radical (unpaired) electrons. The average molecular weight is 317 g/mol. The van der Waals surface area contributed by atoms with E-state index in [4.69, 9.17) is 10.3 Å². The molecule has 6 nitrogen and oxygen atoms in total. The Morgan fingerprint density at radius 3 is 2.70 bits per heavy atom.